The van der Waals surface area contributed by atoms with Crippen molar-refractivity contribution in [3.8, 4) is 6.07 Å². The number of hydrogen-bond acceptors (Lipinski definition) is 5. The molecule has 0 atom stereocenters. The van der Waals surface area contributed by atoms with E-state index in [4.69, 9.17) is 4.74 Å². The van der Waals surface area contributed by atoms with Crippen LogP contribution in [-0.4, -0.2) is 56.3 Å². The third-order valence-electron chi connectivity index (χ3n) is 3.24. The molecule has 102 valence electrons. The molecule has 1 saturated heterocycles. The van der Waals surface area contributed by atoms with Gasteiger partial charge in [-0.25, -0.2) is 4.98 Å². The van der Waals surface area contributed by atoms with Crippen LogP contribution in [0.15, 0.2) is 16.7 Å². The number of halogens is 1. The monoisotopic (exact) mass is 324 g/mol. The second kappa shape index (κ2) is 6.85. The standard InChI is InChI=1S/C13H17BrN4O/c1-19-7-6-17-2-4-18(5-3-17)13-11(9-15)8-12(14)10-16-13/h8,10H,2-7H2,1H3. The molecule has 1 aromatic heterocycles. The molecule has 1 aliphatic rings. The van der Waals surface area contributed by atoms with Crippen molar-refractivity contribution < 1.29 is 4.74 Å². The molecule has 2 heterocycles. The zero-order valence-corrected chi connectivity index (χ0v) is 12.6. The van der Waals surface area contributed by atoms with Gasteiger partial charge in [0.15, 0.2) is 0 Å². The van der Waals surface area contributed by atoms with E-state index in [0.717, 1.165) is 49.6 Å². The Morgan fingerprint density at radius 2 is 2.16 bits per heavy atom. The summed E-state index contributed by atoms with van der Waals surface area (Å²) >= 11 is 3.34. The first-order valence-electron chi connectivity index (χ1n) is 6.26. The second-order valence-electron chi connectivity index (χ2n) is 4.46. The average molecular weight is 325 g/mol. The van der Waals surface area contributed by atoms with E-state index >= 15 is 0 Å². The molecule has 0 aliphatic carbocycles. The van der Waals surface area contributed by atoms with Gasteiger partial charge in [-0.05, 0) is 22.0 Å². The number of hydrogen-bond donors (Lipinski definition) is 0. The van der Waals surface area contributed by atoms with Crippen LogP contribution in [0.3, 0.4) is 0 Å². The van der Waals surface area contributed by atoms with Gasteiger partial charge in [-0.15, -0.1) is 0 Å². The fraction of sp³-hybridized carbons (Fsp3) is 0.538. The number of nitriles is 1. The molecule has 6 heteroatoms. The minimum atomic E-state index is 0.625. The first-order chi connectivity index (χ1) is 9.24. The first kappa shape index (κ1) is 14.3. The number of pyridine rings is 1. The summed E-state index contributed by atoms with van der Waals surface area (Å²) in [5.41, 5.74) is 0.625. The lowest BCUT2D eigenvalue weighted by atomic mass is 10.2. The van der Waals surface area contributed by atoms with Gasteiger partial charge in [0, 0.05) is 50.5 Å². The molecule has 0 radical (unpaired) electrons. The van der Waals surface area contributed by atoms with Crippen molar-refractivity contribution >= 4 is 21.7 Å². The van der Waals surface area contributed by atoms with Gasteiger partial charge in [-0.1, -0.05) is 0 Å². The number of nitrogens with zero attached hydrogens (tertiary/aromatic N) is 4. The maximum atomic E-state index is 9.18. The van der Waals surface area contributed by atoms with E-state index in [1.54, 1.807) is 13.3 Å². The molecule has 0 spiro atoms. The van der Waals surface area contributed by atoms with Crippen molar-refractivity contribution in [2.75, 3.05) is 51.3 Å². The summed E-state index contributed by atoms with van der Waals surface area (Å²) in [6, 6.07) is 4.03. The number of aromatic nitrogens is 1. The van der Waals surface area contributed by atoms with Crippen LogP contribution < -0.4 is 4.90 Å². The first-order valence-corrected chi connectivity index (χ1v) is 7.06. The molecule has 0 unspecified atom stereocenters. The lowest BCUT2D eigenvalue weighted by Crippen LogP contribution is -2.47. The van der Waals surface area contributed by atoms with Gasteiger partial charge >= 0.3 is 0 Å². The second-order valence-corrected chi connectivity index (χ2v) is 5.37. The Balaban J connectivity index is 2.00. The molecule has 19 heavy (non-hydrogen) atoms. The zero-order valence-electron chi connectivity index (χ0n) is 11.0. The molecule has 0 aromatic carbocycles. The summed E-state index contributed by atoms with van der Waals surface area (Å²) in [6.45, 7) is 5.47. The van der Waals surface area contributed by atoms with E-state index < -0.39 is 0 Å². The van der Waals surface area contributed by atoms with Crippen molar-refractivity contribution in [1.29, 1.82) is 5.26 Å². The van der Waals surface area contributed by atoms with E-state index in [2.05, 4.69) is 36.8 Å². The average Bonchev–Trinajstić information content (AvgIpc) is 2.45. The Hall–Kier alpha value is -1.16. The number of rotatable bonds is 4. The maximum Gasteiger partial charge on any atom is 0.146 e. The van der Waals surface area contributed by atoms with Gasteiger partial charge in [0.2, 0.25) is 0 Å². The molecule has 2 rings (SSSR count). The highest BCUT2D eigenvalue weighted by Gasteiger charge is 2.20. The quantitative estimate of drug-likeness (QED) is 0.839. The Kier molecular flexibility index (Phi) is 5.14. The van der Waals surface area contributed by atoms with Crippen LogP contribution in [-0.2, 0) is 4.74 Å². The van der Waals surface area contributed by atoms with Crippen molar-refractivity contribution in [2.24, 2.45) is 0 Å². The van der Waals surface area contributed by atoms with Gasteiger partial charge in [-0.3, -0.25) is 4.90 Å². The molecule has 0 saturated carbocycles. The lowest BCUT2D eigenvalue weighted by molar-refractivity contribution is 0.144. The Labute approximate surface area is 121 Å². The highest BCUT2D eigenvalue weighted by atomic mass is 79.9. The fourth-order valence-corrected chi connectivity index (χ4v) is 2.50. The Morgan fingerprint density at radius 3 is 2.79 bits per heavy atom. The van der Waals surface area contributed by atoms with Crippen LogP contribution >= 0.6 is 15.9 Å². The third-order valence-corrected chi connectivity index (χ3v) is 3.67. The summed E-state index contributed by atoms with van der Waals surface area (Å²) in [5, 5.41) is 9.18. The summed E-state index contributed by atoms with van der Waals surface area (Å²) in [6.07, 6.45) is 1.74. The zero-order chi connectivity index (χ0) is 13.7. The molecular weight excluding hydrogens is 308 g/mol. The predicted molar refractivity (Wildman–Crippen MR) is 77.2 cm³/mol. The smallest absolute Gasteiger partial charge is 0.146 e. The molecule has 1 aromatic rings. The number of methoxy groups -OCH3 is 1. The molecule has 1 aliphatic heterocycles. The summed E-state index contributed by atoms with van der Waals surface area (Å²) in [4.78, 5) is 8.91. The van der Waals surface area contributed by atoms with E-state index in [1.807, 2.05) is 6.07 Å². The predicted octanol–water partition coefficient (Wildman–Crippen LogP) is 1.48. The summed E-state index contributed by atoms with van der Waals surface area (Å²) < 4.78 is 5.93. The third kappa shape index (κ3) is 3.66. The number of ether oxygens (including phenoxy) is 1. The largest absolute Gasteiger partial charge is 0.383 e. The minimum Gasteiger partial charge on any atom is -0.383 e. The van der Waals surface area contributed by atoms with Gasteiger partial charge in [0.25, 0.3) is 0 Å². The minimum absolute atomic E-state index is 0.625. The topological polar surface area (TPSA) is 52.4 Å². The summed E-state index contributed by atoms with van der Waals surface area (Å²) in [5.74, 6) is 0.789. The van der Waals surface area contributed by atoms with Gasteiger partial charge in [-0.2, -0.15) is 5.26 Å². The van der Waals surface area contributed by atoms with Crippen molar-refractivity contribution in [1.82, 2.24) is 9.88 Å². The van der Waals surface area contributed by atoms with Crippen molar-refractivity contribution in [2.45, 2.75) is 0 Å². The Bertz CT molecular complexity index is 466. The maximum absolute atomic E-state index is 9.18. The van der Waals surface area contributed by atoms with Gasteiger partial charge in [0.1, 0.15) is 11.9 Å². The SMILES string of the molecule is COCCN1CCN(c2ncc(Br)cc2C#N)CC1. The van der Waals surface area contributed by atoms with Crippen LogP contribution in [0.1, 0.15) is 5.56 Å². The normalized spacial score (nSPS) is 16.4. The van der Waals surface area contributed by atoms with Gasteiger partial charge < -0.3 is 9.64 Å². The van der Waals surface area contributed by atoms with Gasteiger partial charge in [0.05, 0.1) is 12.2 Å². The molecule has 0 amide bonds. The van der Waals surface area contributed by atoms with Crippen LogP contribution in [0.5, 0.6) is 0 Å². The Morgan fingerprint density at radius 1 is 1.42 bits per heavy atom. The number of piperazine rings is 1. The molecule has 0 N–H and O–H groups in total. The van der Waals surface area contributed by atoms with E-state index in [-0.39, 0.29) is 0 Å². The van der Waals surface area contributed by atoms with Crippen LogP contribution in [0.25, 0.3) is 0 Å². The van der Waals surface area contributed by atoms with Crippen LogP contribution in [0.2, 0.25) is 0 Å². The van der Waals surface area contributed by atoms with Crippen molar-refractivity contribution in [3.05, 3.63) is 22.3 Å². The molecule has 0 bridgehead atoms. The van der Waals surface area contributed by atoms with Crippen LogP contribution in [0, 0.1) is 11.3 Å². The van der Waals surface area contributed by atoms with E-state index in [1.165, 1.54) is 0 Å². The molecular formula is C13H17BrN4O. The van der Waals surface area contributed by atoms with E-state index in [9.17, 15) is 5.26 Å². The number of anilines is 1. The molecule has 5 nitrogen and oxygen atoms in total. The fourth-order valence-electron chi connectivity index (χ4n) is 2.17. The summed E-state index contributed by atoms with van der Waals surface area (Å²) in [7, 11) is 1.72. The highest BCUT2D eigenvalue weighted by Crippen LogP contribution is 2.21. The molecule has 1 fully saturated rings. The lowest BCUT2D eigenvalue weighted by Gasteiger charge is -2.35. The van der Waals surface area contributed by atoms with Crippen LogP contribution in [0.4, 0.5) is 5.82 Å². The highest BCUT2D eigenvalue weighted by molar-refractivity contribution is 9.10. The van der Waals surface area contributed by atoms with E-state index in [0.29, 0.717) is 5.56 Å². The van der Waals surface area contributed by atoms with Crippen molar-refractivity contribution in [3.63, 3.8) is 0 Å².